The topological polar surface area (TPSA) is 46.6 Å². The molecule has 0 N–H and O–H groups in total. The van der Waals surface area contributed by atoms with Crippen molar-refractivity contribution in [2.24, 2.45) is 0 Å². The molecule has 3 rings (SSSR count). The minimum atomic E-state index is -0.283. The van der Waals surface area contributed by atoms with E-state index in [2.05, 4.69) is 32.9 Å². The van der Waals surface area contributed by atoms with E-state index < -0.39 is 0 Å². The quantitative estimate of drug-likeness (QED) is 0.583. The molecule has 28 heavy (non-hydrogen) atoms. The van der Waals surface area contributed by atoms with E-state index in [1.165, 1.54) is 10.5 Å². The molecule has 2 aromatic rings. The van der Waals surface area contributed by atoms with E-state index in [0.29, 0.717) is 15.7 Å². The first-order chi connectivity index (χ1) is 13.2. The first-order valence-corrected chi connectivity index (χ1v) is 10.2. The van der Waals surface area contributed by atoms with Crippen molar-refractivity contribution < 1.29 is 14.3 Å². The van der Waals surface area contributed by atoms with Crippen molar-refractivity contribution in [3.05, 3.63) is 69.6 Å². The molecule has 1 aliphatic rings. The van der Waals surface area contributed by atoms with Gasteiger partial charge in [-0.2, -0.15) is 0 Å². The molecule has 1 aliphatic heterocycles. The molecule has 2 amide bonds. The molecule has 4 nitrogen and oxygen atoms in total. The van der Waals surface area contributed by atoms with Gasteiger partial charge in [0.05, 0.1) is 11.4 Å². The Hall–Kier alpha value is -2.24. The molecule has 0 aromatic heterocycles. The summed E-state index contributed by atoms with van der Waals surface area (Å²) in [7, 11) is 0. The Morgan fingerprint density at radius 2 is 1.68 bits per heavy atom. The van der Waals surface area contributed by atoms with Crippen LogP contribution in [0.15, 0.2) is 53.4 Å². The van der Waals surface area contributed by atoms with Crippen LogP contribution < -0.4 is 4.74 Å². The minimum Gasteiger partial charge on any atom is -0.492 e. The molecule has 0 saturated carbocycles. The lowest BCUT2D eigenvalue weighted by Crippen LogP contribution is -2.32. The predicted molar refractivity (Wildman–Crippen MR) is 115 cm³/mol. The Bertz CT molecular complexity index is 899. The smallest absolute Gasteiger partial charge is 0.293 e. The van der Waals surface area contributed by atoms with Crippen LogP contribution in [0.1, 0.15) is 31.9 Å². The van der Waals surface area contributed by atoms with Crippen LogP contribution in [0.25, 0.3) is 6.08 Å². The number of hydrogen-bond acceptors (Lipinski definition) is 4. The largest absolute Gasteiger partial charge is 0.492 e. The van der Waals surface area contributed by atoms with Crippen molar-refractivity contribution in [2.45, 2.75) is 26.2 Å². The normalized spacial score (nSPS) is 16.1. The van der Waals surface area contributed by atoms with Gasteiger partial charge in [-0.1, -0.05) is 56.6 Å². The highest BCUT2D eigenvalue weighted by Crippen LogP contribution is 2.32. The molecule has 1 saturated heterocycles. The second-order valence-corrected chi connectivity index (χ2v) is 8.94. The van der Waals surface area contributed by atoms with E-state index >= 15 is 0 Å². The molecular formula is C22H22ClNO3S. The summed E-state index contributed by atoms with van der Waals surface area (Å²) in [4.78, 5) is 26.4. The van der Waals surface area contributed by atoms with Crippen LogP contribution in [0, 0.1) is 0 Å². The van der Waals surface area contributed by atoms with E-state index in [-0.39, 0.29) is 29.7 Å². The van der Waals surface area contributed by atoms with Crippen molar-refractivity contribution in [2.75, 3.05) is 13.2 Å². The van der Waals surface area contributed by atoms with Gasteiger partial charge in [-0.05, 0) is 58.6 Å². The molecule has 0 aliphatic carbocycles. The van der Waals surface area contributed by atoms with Gasteiger partial charge in [0.2, 0.25) is 0 Å². The fourth-order valence-corrected chi connectivity index (χ4v) is 3.70. The van der Waals surface area contributed by atoms with Crippen molar-refractivity contribution in [3.63, 3.8) is 0 Å². The maximum Gasteiger partial charge on any atom is 0.293 e. The summed E-state index contributed by atoms with van der Waals surface area (Å²) in [5.74, 6) is 0.362. The predicted octanol–water partition coefficient (Wildman–Crippen LogP) is 5.75. The van der Waals surface area contributed by atoms with Gasteiger partial charge in [0, 0.05) is 5.02 Å². The summed E-state index contributed by atoms with van der Waals surface area (Å²) in [6.45, 7) is 6.89. The fraction of sp³-hybridized carbons (Fsp3) is 0.273. The maximum absolute atomic E-state index is 12.6. The molecule has 0 atom stereocenters. The van der Waals surface area contributed by atoms with Crippen LogP contribution in [0.4, 0.5) is 4.79 Å². The van der Waals surface area contributed by atoms with Crippen molar-refractivity contribution in [1.82, 2.24) is 4.90 Å². The zero-order valence-electron chi connectivity index (χ0n) is 16.1. The summed E-state index contributed by atoms with van der Waals surface area (Å²) in [6.07, 6.45) is 1.76. The van der Waals surface area contributed by atoms with E-state index in [4.69, 9.17) is 16.3 Å². The van der Waals surface area contributed by atoms with Crippen LogP contribution >= 0.6 is 23.4 Å². The van der Waals surface area contributed by atoms with Gasteiger partial charge in [0.1, 0.15) is 12.4 Å². The highest BCUT2D eigenvalue weighted by atomic mass is 35.5. The Kier molecular flexibility index (Phi) is 6.16. The Morgan fingerprint density at radius 3 is 2.29 bits per heavy atom. The van der Waals surface area contributed by atoms with E-state index in [1.807, 2.05) is 12.1 Å². The van der Waals surface area contributed by atoms with Crippen molar-refractivity contribution in [3.8, 4) is 5.75 Å². The second-order valence-electron chi connectivity index (χ2n) is 7.51. The number of hydrogen-bond donors (Lipinski definition) is 0. The van der Waals surface area contributed by atoms with Gasteiger partial charge in [-0.15, -0.1) is 0 Å². The molecule has 146 valence electrons. The summed E-state index contributed by atoms with van der Waals surface area (Å²) >= 11 is 6.80. The third kappa shape index (κ3) is 4.97. The van der Waals surface area contributed by atoms with Crippen LogP contribution in [-0.2, 0) is 10.2 Å². The molecule has 0 radical (unpaired) electrons. The van der Waals surface area contributed by atoms with E-state index in [0.717, 1.165) is 17.3 Å². The van der Waals surface area contributed by atoms with E-state index in [9.17, 15) is 9.59 Å². The minimum absolute atomic E-state index is 0.0699. The average Bonchev–Trinajstić information content (AvgIpc) is 2.90. The number of rotatable bonds is 5. The summed E-state index contributed by atoms with van der Waals surface area (Å²) in [5.41, 5.74) is 2.19. The number of amides is 2. The highest BCUT2D eigenvalue weighted by Gasteiger charge is 2.34. The first kappa shape index (κ1) is 20.5. The van der Waals surface area contributed by atoms with Crippen LogP contribution in [0.3, 0.4) is 0 Å². The van der Waals surface area contributed by atoms with Crippen LogP contribution in [0.2, 0.25) is 5.02 Å². The van der Waals surface area contributed by atoms with Crippen molar-refractivity contribution >= 4 is 40.6 Å². The SMILES string of the molecule is CC(C)(C)c1ccc(/C=C2\SC(=O)N(CCOc3ccc(Cl)cc3)C2=O)cc1. The maximum atomic E-state index is 12.6. The molecule has 2 aromatic carbocycles. The molecule has 0 unspecified atom stereocenters. The Morgan fingerprint density at radius 1 is 1.04 bits per heavy atom. The van der Waals surface area contributed by atoms with E-state index in [1.54, 1.807) is 30.3 Å². The number of carbonyl (C=O) groups excluding carboxylic acids is 2. The second kappa shape index (κ2) is 8.41. The average molecular weight is 416 g/mol. The molecule has 1 fully saturated rings. The van der Waals surface area contributed by atoms with Crippen LogP contribution in [0.5, 0.6) is 5.75 Å². The first-order valence-electron chi connectivity index (χ1n) is 8.98. The van der Waals surface area contributed by atoms with Gasteiger partial charge in [0.25, 0.3) is 11.1 Å². The number of thioether (sulfide) groups is 1. The molecule has 0 spiro atoms. The van der Waals surface area contributed by atoms with Crippen LogP contribution in [-0.4, -0.2) is 29.2 Å². The lowest BCUT2D eigenvalue weighted by atomic mass is 9.87. The Balaban J connectivity index is 1.62. The summed E-state index contributed by atoms with van der Waals surface area (Å²) < 4.78 is 5.58. The number of ether oxygens (including phenoxy) is 1. The third-order valence-electron chi connectivity index (χ3n) is 4.35. The fourth-order valence-electron chi connectivity index (χ4n) is 2.71. The highest BCUT2D eigenvalue weighted by molar-refractivity contribution is 8.18. The number of halogens is 1. The zero-order chi connectivity index (χ0) is 20.3. The molecule has 1 heterocycles. The summed E-state index contributed by atoms with van der Waals surface area (Å²) in [5, 5.41) is 0.348. The molecular weight excluding hydrogens is 394 g/mol. The van der Waals surface area contributed by atoms with Gasteiger partial charge < -0.3 is 4.74 Å². The van der Waals surface area contributed by atoms with Gasteiger partial charge in [0.15, 0.2) is 0 Å². The standard InChI is InChI=1S/C22H22ClNO3S/c1-22(2,3)16-6-4-15(5-7-16)14-19-20(25)24(21(26)28-19)12-13-27-18-10-8-17(23)9-11-18/h4-11,14H,12-13H2,1-3H3/b19-14-. The number of benzene rings is 2. The third-order valence-corrected chi connectivity index (χ3v) is 5.50. The van der Waals surface area contributed by atoms with Gasteiger partial charge in [-0.3, -0.25) is 14.5 Å². The van der Waals surface area contributed by atoms with Crippen molar-refractivity contribution in [1.29, 1.82) is 0 Å². The monoisotopic (exact) mass is 415 g/mol. The number of carbonyl (C=O) groups is 2. The summed E-state index contributed by atoms with van der Waals surface area (Å²) in [6, 6.07) is 15.0. The Labute approximate surface area is 174 Å². The molecule has 6 heteroatoms. The zero-order valence-corrected chi connectivity index (χ0v) is 17.6. The molecule has 0 bridgehead atoms. The lowest BCUT2D eigenvalue weighted by molar-refractivity contribution is -0.123. The number of imide groups is 1. The lowest BCUT2D eigenvalue weighted by Gasteiger charge is -2.18. The number of nitrogens with zero attached hydrogens (tertiary/aromatic N) is 1. The van der Waals surface area contributed by atoms with Gasteiger partial charge in [-0.25, -0.2) is 0 Å². The van der Waals surface area contributed by atoms with Gasteiger partial charge >= 0.3 is 0 Å².